The van der Waals surface area contributed by atoms with E-state index >= 15 is 0 Å². The first kappa shape index (κ1) is 37.8. The van der Waals surface area contributed by atoms with Gasteiger partial charge in [-0.1, -0.05) is 48.6 Å². The maximum absolute atomic E-state index is 5.85. The van der Waals surface area contributed by atoms with Crippen LogP contribution in [0.15, 0.2) is 122 Å². The molecular weight excluding hydrogens is 689 g/mol. The molecule has 0 radical (unpaired) electrons. The summed E-state index contributed by atoms with van der Waals surface area (Å²) in [6, 6.07) is 36.2. The Morgan fingerprint density at radius 2 is 0.673 bits per heavy atom. The van der Waals surface area contributed by atoms with Gasteiger partial charge in [0.05, 0.1) is 42.7 Å². The van der Waals surface area contributed by atoms with Crippen molar-refractivity contribution in [2.45, 2.75) is 0 Å². The summed E-state index contributed by atoms with van der Waals surface area (Å²) in [6.45, 7) is 0. The van der Waals surface area contributed by atoms with Gasteiger partial charge in [-0.3, -0.25) is 4.98 Å². The van der Waals surface area contributed by atoms with E-state index in [1.807, 2.05) is 115 Å². The Morgan fingerprint density at radius 3 is 1.00 bits per heavy atom. The Morgan fingerprint density at radius 1 is 0.364 bits per heavy atom. The number of pyridine rings is 1. The number of hydrogen-bond acceptors (Lipinski definition) is 8. The van der Waals surface area contributed by atoms with Gasteiger partial charge in [0.25, 0.3) is 0 Å². The van der Waals surface area contributed by atoms with Crippen LogP contribution in [-0.4, -0.2) is 47.6 Å². The minimum atomic E-state index is 0.699. The molecule has 0 atom stereocenters. The summed E-state index contributed by atoms with van der Waals surface area (Å²) in [5.41, 5.74) is 8.55. The quantitative estimate of drug-likeness (QED) is 0.0967. The first-order valence-electron chi connectivity index (χ1n) is 17.6. The minimum Gasteiger partial charge on any atom is -0.497 e. The van der Waals surface area contributed by atoms with E-state index < -0.39 is 0 Å². The Bertz CT molecular complexity index is 2220. The van der Waals surface area contributed by atoms with Crippen molar-refractivity contribution >= 4 is 53.5 Å². The molecule has 0 saturated heterocycles. The fourth-order valence-corrected chi connectivity index (χ4v) is 6.08. The number of hydrogen-bond donors (Lipinski definition) is 0. The van der Waals surface area contributed by atoms with Crippen LogP contribution in [0.25, 0.3) is 36.5 Å². The lowest BCUT2D eigenvalue weighted by Gasteiger charge is -2.26. The van der Waals surface area contributed by atoms with E-state index in [9.17, 15) is 0 Å². The highest BCUT2D eigenvalue weighted by Crippen LogP contribution is 2.38. The van der Waals surface area contributed by atoms with Crippen molar-refractivity contribution in [1.82, 2.24) is 4.98 Å². The van der Waals surface area contributed by atoms with Gasteiger partial charge in [0.2, 0.25) is 0 Å². The fourth-order valence-electron chi connectivity index (χ4n) is 6.08. The largest absolute Gasteiger partial charge is 0.497 e. The zero-order chi connectivity index (χ0) is 38.6. The molecular formula is C47H44N2O6. The first-order valence-corrected chi connectivity index (χ1v) is 17.6. The molecule has 0 bridgehead atoms. The molecule has 0 aliphatic rings. The van der Waals surface area contributed by atoms with Crippen LogP contribution in [0.3, 0.4) is 0 Å². The van der Waals surface area contributed by atoms with Crippen LogP contribution in [0, 0.1) is 0 Å². The lowest BCUT2D eigenvalue weighted by molar-refractivity contribution is 0.401. The molecule has 0 saturated carbocycles. The Kier molecular flexibility index (Phi) is 12.5. The molecule has 0 fully saturated rings. The Balaban J connectivity index is 1.24. The van der Waals surface area contributed by atoms with Gasteiger partial charge >= 0.3 is 0 Å². The highest BCUT2D eigenvalue weighted by Gasteiger charge is 2.14. The number of rotatable bonds is 15. The van der Waals surface area contributed by atoms with Crippen molar-refractivity contribution in [3.8, 4) is 34.5 Å². The summed E-state index contributed by atoms with van der Waals surface area (Å²) in [7, 11) is 9.98. The van der Waals surface area contributed by atoms with Crippen molar-refractivity contribution in [2.75, 3.05) is 47.6 Å². The van der Waals surface area contributed by atoms with Crippen LogP contribution in [0.2, 0.25) is 0 Å². The van der Waals surface area contributed by atoms with Gasteiger partial charge < -0.3 is 33.3 Å². The van der Waals surface area contributed by atoms with Crippen molar-refractivity contribution in [3.63, 3.8) is 0 Å². The van der Waals surface area contributed by atoms with E-state index in [1.54, 1.807) is 55.1 Å². The zero-order valence-corrected chi connectivity index (χ0v) is 31.9. The van der Waals surface area contributed by atoms with E-state index in [0.717, 1.165) is 67.7 Å². The first-order chi connectivity index (χ1) is 27.0. The molecule has 6 aromatic rings. The van der Waals surface area contributed by atoms with E-state index in [4.69, 9.17) is 28.4 Å². The third-order valence-corrected chi connectivity index (χ3v) is 9.04. The van der Waals surface area contributed by atoms with Crippen LogP contribution >= 0.6 is 0 Å². The molecule has 0 N–H and O–H groups in total. The maximum atomic E-state index is 5.85. The molecule has 0 aliphatic carbocycles. The fraction of sp³-hybridized carbons (Fsp3) is 0.128. The summed E-state index contributed by atoms with van der Waals surface area (Å²) in [4.78, 5) is 6.27. The number of nitrogens with zero attached hydrogens (tertiary/aromatic N) is 2. The van der Waals surface area contributed by atoms with Crippen molar-refractivity contribution in [3.05, 3.63) is 155 Å². The average Bonchev–Trinajstić information content (AvgIpc) is 3.25. The molecule has 0 spiro atoms. The lowest BCUT2D eigenvalue weighted by atomic mass is 10.0. The van der Waals surface area contributed by atoms with Gasteiger partial charge in [-0.05, 0) is 108 Å². The summed E-state index contributed by atoms with van der Waals surface area (Å²) in [5, 5.41) is 0. The SMILES string of the molecule is COc1ccc(N(c2ccc(/C=C/c3cc(OC)c(/C=C/c4cc(OC)c(/C=C/c5ccncc5)cc4OC)cc3OC)cc2)c2ccc(OC)cc2)cc1. The molecule has 0 aliphatic heterocycles. The third-order valence-electron chi connectivity index (χ3n) is 9.04. The molecule has 0 amide bonds. The van der Waals surface area contributed by atoms with Gasteiger partial charge in [0.15, 0.2) is 0 Å². The van der Waals surface area contributed by atoms with Crippen LogP contribution in [-0.2, 0) is 0 Å². The van der Waals surface area contributed by atoms with Gasteiger partial charge in [-0.15, -0.1) is 0 Å². The van der Waals surface area contributed by atoms with Gasteiger partial charge in [0, 0.05) is 51.7 Å². The predicted octanol–water partition coefficient (Wildman–Crippen LogP) is 11.1. The van der Waals surface area contributed by atoms with Gasteiger partial charge in [-0.25, -0.2) is 0 Å². The van der Waals surface area contributed by atoms with Crippen molar-refractivity contribution in [2.24, 2.45) is 0 Å². The Labute approximate surface area is 323 Å². The minimum absolute atomic E-state index is 0.699. The molecule has 278 valence electrons. The van der Waals surface area contributed by atoms with Gasteiger partial charge in [-0.2, -0.15) is 0 Å². The highest BCUT2D eigenvalue weighted by atomic mass is 16.5. The molecule has 0 unspecified atom stereocenters. The molecule has 1 heterocycles. The summed E-state index contributed by atoms with van der Waals surface area (Å²) in [5.74, 6) is 4.43. The molecule has 6 rings (SSSR count). The third kappa shape index (κ3) is 9.18. The average molecular weight is 733 g/mol. The van der Waals surface area contributed by atoms with Gasteiger partial charge in [0.1, 0.15) is 34.5 Å². The van der Waals surface area contributed by atoms with Crippen LogP contribution in [0.5, 0.6) is 34.5 Å². The van der Waals surface area contributed by atoms with Crippen LogP contribution < -0.4 is 33.3 Å². The lowest BCUT2D eigenvalue weighted by Crippen LogP contribution is -2.09. The van der Waals surface area contributed by atoms with Crippen molar-refractivity contribution < 1.29 is 28.4 Å². The zero-order valence-electron chi connectivity index (χ0n) is 31.9. The molecule has 8 heteroatoms. The molecule has 5 aromatic carbocycles. The van der Waals surface area contributed by atoms with E-state index in [1.165, 1.54) is 0 Å². The second-order valence-electron chi connectivity index (χ2n) is 12.3. The predicted molar refractivity (Wildman–Crippen MR) is 224 cm³/mol. The summed E-state index contributed by atoms with van der Waals surface area (Å²) >= 11 is 0. The normalized spacial score (nSPS) is 11.2. The highest BCUT2D eigenvalue weighted by molar-refractivity contribution is 5.83. The smallest absolute Gasteiger partial charge is 0.126 e. The van der Waals surface area contributed by atoms with E-state index in [-0.39, 0.29) is 0 Å². The maximum Gasteiger partial charge on any atom is 0.126 e. The topological polar surface area (TPSA) is 71.5 Å². The standard InChI is InChI=1S/C47H44N2O6/c1-50-42-21-17-40(18-22-42)49(41-19-23-43(51-2)24-20-41)39-15-9-33(10-16-39)7-11-35-29-46(54-5)37(31-44(35)52-3)13-14-38-32-45(53-4)36(30-47(38)55-6)12-8-34-25-27-48-28-26-34/h7-32H,1-6H3/b11-7+,12-8+,14-13+. The Hall–Kier alpha value is -6.93. The summed E-state index contributed by atoms with van der Waals surface area (Å²) in [6.07, 6.45) is 15.6. The van der Waals surface area contributed by atoms with E-state index in [0.29, 0.717) is 17.2 Å². The second kappa shape index (κ2) is 18.2. The second-order valence-corrected chi connectivity index (χ2v) is 12.3. The number of ether oxygens (including phenoxy) is 6. The number of benzene rings is 5. The van der Waals surface area contributed by atoms with Crippen LogP contribution in [0.1, 0.15) is 33.4 Å². The van der Waals surface area contributed by atoms with E-state index in [2.05, 4.69) is 40.2 Å². The summed E-state index contributed by atoms with van der Waals surface area (Å²) < 4.78 is 34.0. The molecule has 1 aromatic heterocycles. The van der Waals surface area contributed by atoms with Crippen LogP contribution in [0.4, 0.5) is 17.1 Å². The molecule has 8 nitrogen and oxygen atoms in total. The number of anilines is 3. The number of methoxy groups -OCH3 is 6. The monoisotopic (exact) mass is 732 g/mol. The molecule has 55 heavy (non-hydrogen) atoms. The number of aromatic nitrogens is 1. The van der Waals surface area contributed by atoms with Crippen molar-refractivity contribution in [1.29, 1.82) is 0 Å².